The highest BCUT2D eigenvalue weighted by Gasteiger charge is 2.64. The lowest BCUT2D eigenvalue weighted by Crippen LogP contribution is -2.53. The van der Waals surface area contributed by atoms with Crippen molar-refractivity contribution in [2.75, 3.05) is 7.11 Å². The van der Waals surface area contributed by atoms with Crippen molar-refractivity contribution in [3.05, 3.63) is 96.1 Å². The molecule has 5 aromatic rings. The quantitative estimate of drug-likeness (QED) is 0.170. The molecule has 0 aromatic heterocycles. The van der Waals surface area contributed by atoms with Crippen LogP contribution in [0.25, 0.3) is 32.3 Å². The number of halogens is 3. The lowest BCUT2D eigenvalue weighted by Gasteiger charge is -2.34. The van der Waals surface area contributed by atoms with Crippen LogP contribution in [0.1, 0.15) is 25.0 Å². The molecule has 1 N–H and O–H groups in total. The molecular weight excluding hydrogens is 519 g/mol. The average molecular weight is 548 g/mol. The van der Waals surface area contributed by atoms with E-state index in [1.807, 2.05) is 24.3 Å². The third-order valence-electron chi connectivity index (χ3n) is 7.66. The highest BCUT2D eigenvalue weighted by atomic mass is 19.4. The smallest absolute Gasteiger partial charge is 0.432 e. The van der Waals surface area contributed by atoms with Crippen molar-refractivity contribution in [3.63, 3.8) is 0 Å². The fourth-order valence-corrected chi connectivity index (χ4v) is 5.25. The number of alkyl halides is 3. The molecule has 0 heterocycles. The van der Waals surface area contributed by atoms with E-state index >= 15 is 0 Å². The number of amides is 1. The van der Waals surface area contributed by atoms with Gasteiger partial charge in [0.05, 0.1) is 5.92 Å². The molecule has 206 valence electrons. The van der Waals surface area contributed by atoms with E-state index in [1.165, 1.54) is 32.0 Å². The number of ether oxygens (including phenoxy) is 2. The molecule has 0 radical (unpaired) electrons. The summed E-state index contributed by atoms with van der Waals surface area (Å²) in [5.74, 6) is -3.02. The second-order valence-electron chi connectivity index (χ2n) is 9.95. The zero-order valence-corrected chi connectivity index (χ0v) is 22.2. The molecule has 5 aromatic carbocycles. The van der Waals surface area contributed by atoms with Gasteiger partial charge >= 0.3 is 12.1 Å². The number of methoxy groups -OCH3 is 1. The number of hydrogen-bond acceptors (Lipinski definition) is 4. The van der Waals surface area contributed by atoms with Crippen LogP contribution in [0.15, 0.2) is 84.9 Å². The van der Waals surface area contributed by atoms with Crippen molar-refractivity contribution in [1.82, 2.24) is 5.32 Å². The predicted molar refractivity (Wildman–Crippen MR) is 148 cm³/mol. The third kappa shape index (κ3) is 4.52. The summed E-state index contributed by atoms with van der Waals surface area (Å²) in [6.07, 6.45) is -6.25. The van der Waals surface area contributed by atoms with E-state index in [2.05, 4.69) is 35.6 Å². The summed E-state index contributed by atoms with van der Waals surface area (Å²) in [4.78, 5) is 26.0. The molecular formula is C32H28F3NO4. The lowest BCUT2D eigenvalue weighted by atomic mass is 9.92. The Hall–Kier alpha value is -4.17. The molecule has 0 aliphatic carbocycles. The monoisotopic (exact) mass is 547 g/mol. The molecule has 0 aliphatic heterocycles. The van der Waals surface area contributed by atoms with Crippen LogP contribution in [0.5, 0.6) is 0 Å². The molecule has 0 spiro atoms. The Morgan fingerprint density at radius 3 is 2.02 bits per heavy atom. The van der Waals surface area contributed by atoms with E-state index in [-0.39, 0.29) is 6.54 Å². The van der Waals surface area contributed by atoms with Crippen LogP contribution in [0, 0.1) is 5.92 Å². The maximum atomic E-state index is 14.2. The molecule has 5 rings (SSSR count). The summed E-state index contributed by atoms with van der Waals surface area (Å²) >= 11 is 0. The van der Waals surface area contributed by atoms with Gasteiger partial charge in [-0.15, -0.1) is 0 Å². The largest absolute Gasteiger partial charge is 0.459 e. The van der Waals surface area contributed by atoms with Gasteiger partial charge in [-0.3, -0.25) is 4.79 Å². The second kappa shape index (κ2) is 10.4. The molecule has 0 saturated heterocycles. The molecule has 40 heavy (non-hydrogen) atoms. The van der Waals surface area contributed by atoms with Gasteiger partial charge in [0.25, 0.3) is 5.60 Å². The number of hydrogen-bond donors (Lipinski definition) is 1. The number of carbonyl (C=O) groups excluding carboxylic acids is 2. The van der Waals surface area contributed by atoms with E-state index in [9.17, 15) is 22.8 Å². The van der Waals surface area contributed by atoms with Crippen molar-refractivity contribution in [2.45, 2.75) is 38.3 Å². The highest BCUT2D eigenvalue weighted by Crippen LogP contribution is 2.43. The topological polar surface area (TPSA) is 64.6 Å². The Morgan fingerprint density at radius 2 is 1.40 bits per heavy atom. The summed E-state index contributed by atoms with van der Waals surface area (Å²) in [5, 5.41) is 9.48. The Labute approximate surface area is 229 Å². The average Bonchev–Trinajstić information content (AvgIpc) is 2.95. The van der Waals surface area contributed by atoms with Gasteiger partial charge < -0.3 is 14.8 Å². The van der Waals surface area contributed by atoms with Gasteiger partial charge in [-0.2, -0.15) is 13.2 Å². The summed E-state index contributed by atoms with van der Waals surface area (Å²) in [6, 6.07) is 24.9. The number of rotatable bonds is 8. The molecule has 8 heteroatoms. The molecule has 1 amide bonds. The minimum atomic E-state index is -5.10. The first-order valence-electron chi connectivity index (χ1n) is 12.9. The van der Waals surface area contributed by atoms with E-state index in [0.717, 1.165) is 57.1 Å². The molecule has 0 aliphatic rings. The van der Waals surface area contributed by atoms with Crippen LogP contribution in [-0.2, 0) is 31.2 Å². The van der Waals surface area contributed by atoms with Crippen LogP contribution in [-0.4, -0.2) is 31.3 Å². The van der Waals surface area contributed by atoms with Crippen molar-refractivity contribution in [1.29, 1.82) is 0 Å². The van der Waals surface area contributed by atoms with Gasteiger partial charge in [-0.05, 0) is 44.8 Å². The Bertz CT molecular complexity index is 1670. The fraction of sp³-hybridized carbons (Fsp3) is 0.250. The summed E-state index contributed by atoms with van der Waals surface area (Å²) < 4.78 is 52.6. The molecule has 0 saturated carbocycles. The fourth-order valence-electron chi connectivity index (χ4n) is 5.25. The van der Waals surface area contributed by atoms with Crippen LogP contribution < -0.4 is 5.32 Å². The van der Waals surface area contributed by atoms with Crippen LogP contribution in [0.4, 0.5) is 13.2 Å². The highest BCUT2D eigenvalue weighted by molar-refractivity contribution is 6.23. The summed E-state index contributed by atoms with van der Waals surface area (Å²) in [6.45, 7) is 3.09. The minimum absolute atomic E-state index is 0.201. The number of esters is 1. The van der Waals surface area contributed by atoms with Crippen molar-refractivity contribution < 1.29 is 32.2 Å². The number of carbonyl (C=O) groups is 2. The van der Waals surface area contributed by atoms with Crippen molar-refractivity contribution in [3.8, 4) is 0 Å². The normalized spacial score (nSPS) is 15.2. The van der Waals surface area contributed by atoms with Gasteiger partial charge in [0, 0.05) is 19.2 Å². The summed E-state index contributed by atoms with van der Waals surface area (Å²) in [7, 11) is 0.805. The Balaban J connectivity index is 1.33. The first-order chi connectivity index (χ1) is 19.1. The molecule has 0 bridgehead atoms. The first-order valence-corrected chi connectivity index (χ1v) is 12.9. The number of nitrogens with one attached hydrogen (secondary N) is 1. The van der Waals surface area contributed by atoms with Crippen LogP contribution in [0.2, 0.25) is 0 Å². The van der Waals surface area contributed by atoms with E-state index in [0.29, 0.717) is 0 Å². The first kappa shape index (κ1) is 27.4. The SMILES string of the molecule is CO[C@](C(=O)O[C@H](C)C(C)C(=O)NCc1ccc2ccc3cccc4ccc1c2c34)(c1ccccc1)C(F)(F)F. The van der Waals surface area contributed by atoms with Gasteiger partial charge in [-0.25, -0.2) is 4.79 Å². The zero-order chi connectivity index (χ0) is 28.7. The van der Waals surface area contributed by atoms with E-state index < -0.39 is 41.2 Å². The van der Waals surface area contributed by atoms with Crippen LogP contribution >= 0.6 is 0 Å². The molecule has 1 unspecified atom stereocenters. The minimum Gasteiger partial charge on any atom is -0.459 e. The Kier molecular flexibility index (Phi) is 7.14. The molecule has 3 atom stereocenters. The van der Waals surface area contributed by atoms with Crippen LogP contribution in [0.3, 0.4) is 0 Å². The van der Waals surface area contributed by atoms with Gasteiger partial charge in [-0.1, -0.05) is 91.9 Å². The van der Waals surface area contributed by atoms with Gasteiger partial charge in [0.2, 0.25) is 5.91 Å². The van der Waals surface area contributed by atoms with E-state index in [4.69, 9.17) is 9.47 Å². The maximum absolute atomic E-state index is 14.2. The van der Waals surface area contributed by atoms with Crippen molar-refractivity contribution in [2.24, 2.45) is 5.92 Å². The second-order valence-corrected chi connectivity index (χ2v) is 9.95. The summed E-state index contributed by atoms with van der Waals surface area (Å²) in [5.41, 5.74) is -2.83. The standard InChI is InChI=1S/C32H28F3NO4/c1-19(20(2)40-30(38)31(39-3,32(33,34)35)25-10-5-4-6-11-25)29(37)36-18-24-15-14-23-13-12-21-8-7-9-22-16-17-26(24)28(23)27(21)22/h4-17,19-20H,18H2,1-3H3,(H,36,37)/t19?,20-,31+/m1/s1. The maximum Gasteiger partial charge on any atom is 0.432 e. The molecule has 5 nitrogen and oxygen atoms in total. The van der Waals surface area contributed by atoms with Gasteiger partial charge in [0.15, 0.2) is 0 Å². The molecule has 0 fully saturated rings. The Morgan fingerprint density at radius 1 is 0.800 bits per heavy atom. The van der Waals surface area contributed by atoms with Crippen molar-refractivity contribution >= 4 is 44.2 Å². The lowest BCUT2D eigenvalue weighted by molar-refractivity contribution is -0.278. The predicted octanol–water partition coefficient (Wildman–Crippen LogP) is 6.87. The number of benzene rings is 5. The zero-order valence-electron chi connectivity index (χ0n) is 22.2. The third-order valence-corrected chi connectivity index (χ3v) is 7.66. The van der Waals surface area contributed by atoms with E-state index in [1.54, 1.807) is 0 Å². The van der Waals surface area contributed by atoms with Gasteiger partial charge in [0.1, 0.15) is 6.10 Å².